The summed E-state index contributed by atoms with van der Waals surface area (Å²) < 4.78 is 11.3. The van der Waals surface area contributed by atoms with E-state index < -0.39 is 0 Å². The Labute approximate surface area is 170 Å². The molecule has 0 bridgehead atoms. The van der Waals surface area contributed by atoms with E-state index in [-0.39, 0.29) is 12.5 Å². The molecule has 3 rings (SSSR count). The maximum Gasteiger partial charge on any atom is 0.254 e. The highest BCUT2D eigenvalue weighted by Gasteiger charge is 2.22. The van der Waals surface area contributed by atoms with Crippen molar-refractivity contribution in [2.75, 3.05) is 46.4 Å². The summed E-state index contributed by atoms with van der Waals surface area (Å²) in [5.41, 5.74) is 1.57. The fraction of sp³-hybridized carbons (Fsp3) is 0.381. The number of halogens is 1. The van der Waals surface area contributed by atoms with E-state index in [4.69, 9.17) is 26.2 Å². The van der Waals surface area contributed by atoms with E-state index in [0.717, 1.165) is 18.7 Å². The number of aliphatic hydroxyl groups is 1. The van der Waals surface area contributed by atoms with Crippen molar-refractivity contribution in [3.8, 4) is 11.5 Å². The molecule has 0 saturated carbocycles. The topological polar surface area (TPSA) is 62.2 Å². The van der Waals surface area contributed by atoms with Gasteiger partial charge in [0.2, 0.25) is 0 Å². The van der Waals surface area contributed by atoms with Crippen molar-refractivity contribution < 1.29 is 19.4 Å². The number of carbonyl (C=O) groups excluding carboxylic acids is 1. The second-order valence-corrected chi connectivity index (χ2v) is 7.07. The summed E-state index contributed by atoms with van der Waals surface area (Å²) in [5.74, 6) is 1.09. The van der Waals surface area contributed by atoms with Crippen LogP contribution in [0.2, 0.25) is 5.02 Å². The van der Waals surface area contributed by atoms with Gasteiger partial charge in [0.05, 0.1) is 13.7 Å². The van der Waals surface area contributed by atoms with Crippen LogP contribution < -0.4 is 9.47 Å². The van der Waals surface area contributed by atoms with Gasteiger partial charge in [0.25, 0.3) is 5.91 Å². The first-order valence-electron chi connectivity index (χ1n) is 9.28. The summed E-state index contributed by atoms with van der Waals surface area (Å²) in [5, 5.41) is 9.71. The molecule has 1 fully saturated rings. The summed E-state index contributed by atoms with van der Waals surface area (Å²) in [6.45, 7) is 4.01. The standard InChI is InChI=1S/C21H25ClN2O4/c1-27-20-14-17(21(26)24-10-8-23(9-11-24)12-13-25)4-7-19(20)28-15-16-2-5-18(22)6-3-16/h2-7,14,25H,8-13,15H2,1H3. The number of carbonyl (C=O) groups is 1. The van der Waals surface area contributed by atoms with Crippen molar-refractivity contribution in [1.29, 1.82) is 0 Å². The average molecular weight is 405 g/mol. The lowest BCUT2D eigenvalue weighted by atomic mass is 10.1. The zero-order valence-corrected chi connectivity index (χ0v) is 16.7. The number of hydrogen-bond donors (Lipinski definition) is 1. The van der Waals surface area contributed by atoms with Crippen LogP contribution in [0.3, 0.4) is 0 Å². The van der Waals surface area contributed by atoms with Gasteiger partial charge in [-0.15, -0.1) is 0 Å². The highest BCUT2D eigenvalue weighted by Crippen LogP contribution is 2.29. The smallest absolute Gasteiger partial charge is 0.254 e. The Hall–Kier alpha value is -2.28. The van der Waals surface area contributed by atoms with Crippen molar-refractivity contribution in [2.45, 2.75) is 6.61 Å². The predicted octanol–water partition coefficient (Wildman–Crippen LogP) is 2.68. The maximum atomic E-state index is 12.8. The van der Waals surface area contributed by atoms with Gasteiger partial charge in [-0.05, 0) is 35.9 Å². The van der Waals surface area contributed by atoms with E-state index in [2.05, 4.69) is 4.90 Å². The molecule has 0 aliphatic carbocycles. The molecule has 1 N–H and O–H groups in total. The molecule has 0 unspecified atom stereocenters. The van der Waals surface area contributed by atoms with Crippen LogP contribution in [0.4, 0.5) is 0 Å². The van der Waals surface area contributed by atoms with Crippen molar-refractivity contribution in [3.05, 3.63) is 58.6 Å². The number of amides is 1. The van der Waals surface area contributed by atoms with Gasteiger partial charge in [0, 0.05) is 43.3 Å². The molecule has 0 spiro atoms. The molecule has 1 saturated heterocycles. The van der Waals surface area contributed by atoms with Crippen molar-refractivity contribution >= 4 is 17.5 Å². The Morgan fingerprint density at radius 3 is 2.43 bits per heavy atom. The van der Waals surface area contributed by atoms with Gasteiger partial charge in [-0.2, -0.15) is 0 Å². The van der Waals surface area contributed by atoms with Crippen molar-refractivity contribution in [2.24, 2.45) is 0 Å². The fourth-order valence-electron chi connectivity index (χ4n) is 3.16. The molecular formula is C21H25ClN2O4. The van der Waals surface area contributed by atoms with Gasteiger partial charge >= 0.3 is 0 Å². The number of rotatable bonds is 7. The van der Waals surface area contributed by atoms with Crippen LogP contribution in [0.15, 0.2) is 42.5 Å². The van der Waals surface area contributed by atoms with Gasteiger partial charge in [-0.25, -0.2) is 0 Å². The molecule has 1 aliphatic rings. The maximum absolute atomic E-state index is 12.8. The van der Waals surface area contributed by atoms with E-state index in [0.29, 0.717) is 48.3 Å². The zero-order valence-electron chi connectivity index (χ0n) is 15.9. The van der Waals surface area contributed by atoms with Gasteiger partial charge in [0.15, 0.2) is 11.5 Å². The van der Waals surface area contributed by atoms with Crippen LogP contribution in [-0.4, -0.2) is 67.3 Å². The molecule has 2 aromatic rings. The number of piperazine rings is 1. The molecule has 0 aromatic heterocycles. The Morgan fingerprint density at radius 2 is 1.79 bits per heavy atom. The molecule has 7 heteroatoms. The quantitative estimate of drug-likeness (QED) is 0.768. The van der Waals surface area contributed by atoms with E-state index in [1.54, 1.807) is 25.3 Å². The third kappa shape index (κ3) is 5.16. The fourth-order valence-corrected chi connectivity index (χ4v) is 3.29. The number of hydrogen-bond acceptors (Lipinski definition) is 5. The lowest BCUT2D eigenvalue weighted by Gasteiger charge is -2.34. The van der Waals surface area contributed by atoms with E-state index >= 15 is 0 Å². The third-order valence-corrected chi connectivity index (χ3v) is 5.05. The molecule has 0 atom stereocenters. The number of β-amino-alcohol motifs (C(OH)–C–C–N with tert-alkyl or cyclic N) is 1. The predicted molar refractivity (Wildman–Crippen MR) is 108 cm³/mol. The number of benzene rings is 2. The van der Waals surface area contributed by atoms with Gasteiger partial charge in [-0.1, -0.05) is 23.7 Å². The van der Waals surface area contributed by atoms with Crippen LogP contribution in [0.1, 0.15) is 15.9 Å². The molecule has 28 heavy (non-hydrogen) atoms. The second-order valence-electron chi connectivity index (χ2n) is 6.64. The Bertz CT molecular complexity index is 789. The van der Waals surface area contributed by atoms with Crippen molar-refractivity contribution in [3.63, 3.8) is 0 Å². The van der Waals surface area contributed by atoms with E-state index in [1.807, 2.05) is 29.2 Å². The first-order valence-corrected chi connectivity index (χ1v) is 9.66. The highest BCUT2D eigenvalue weighted by atomic mass is 35.5. The van der Waals surface area contributed by atoms with Crippen LogP contribution in [0.5, 0.6) is 11.5 Å². The lowest BCUT2D eigenvalue weighted by molar-refractivity contribution is 0.0614. The minimum absolute atomic E-state index is 0.0220. The summed E-state index contributed by atoms with van der Waals surface area (Å²) >= 11 is 5.90. The second kappa shape index (κ2) is 9.78. The Kier molecular flexibility index (Phi) is 7.14. The molecule has 1 amide bonds. The Balaban J connectivity index is 1.63. The molecule has 150 valence electrons. The summed E-state index contributed by atoms with van der Waals surface area (Å²) in [4.78, 5) is 16.8. The first kappa shape index (κ1) is 20.5. The Morgan fingerprint density at radius 1 is 1.07 bits per heavy atom. The van der Waals surface area contributed by atoms with Gasteiger partial charge in [-0.3, -0.25) is 9.69 Å². The van der Waals surface area contributed by atoms with Crippen LogP contribution in [0, 0.1) is 0 Å². The zero-order chi connectivity index (χ0) is 19.9. The summed E-state index contributed by atoms with van der Waals surface area (Å²) in [7, 11) is 1.56. The molecule has 0 radical (unpaired) electrons. The molecular weight excluding hydrogens is 380 g/mol. The van der Waals surface area contributed by atoms with Crippen molar-refractivity contribution in [1.82, 2.24) is 9.80 Å². The molecule has 1 aliphatic heterocycles. The van der Waals surface area contributed by atoms with Crippen LogP contribution in [0.25, 0.3) is 0 Å². The van der Waals surface area contributed by atoms with E-state index in [1.165, 1.54) is 0 Å². The first-order chi connectivity index (χ1) is 13.6. The van der Waals surface area contributed by atoms with Crippen LogP contribution in [-0.2, 0) is 6.61 Å². The normalized spacial score (nSPS) is 14.8. The minimum atomic E-state index is -0.0220. The number of methoxy groups -OCH3 is 1. The third-order valence-electron chi connectivity index (χ3n) is 4.79. The monoisotopic (exact) mass is 404 g/mol. The highest BCUT2D eigenvalue weighted by molar-refractivity contribution is 6.30. The summed E-state index contributed by atoms with van der Waals surface area (Å²) in [6, 6.07) is 12.7. The average Bonchev–Trinajstić information content (AvgIpc) is 2.73. The molecule has 1 heterocycles. The minimum Gasteiger partial charge on any atom is -0.493 e. The lowest BCUT2D eigenvalue weighted by Crippen LogP contribution is -2.49. The largest absolute Gasteiger partial charge is 0.493 e. The molecule has 6 nitrogen and oxygen atoms in total. The van der Waals surface area contributed by atoms with Crippen LogP contribution >= 0.6 is 11.6 Å². The van der Waals surface area contributed by atoms with Gasteiger partial charge < -0.3 is 19.5 Å². The van der Waals surface area contributed by atoms with E-state index in [9.17, 15) is 4.79 Å². The summed E-state index contributed by atoms with van der Waals surface area (Å²) in [6.07, 6.45) is 0. The number of aliphatic hydroxyl groups excluding tert-OH is 1. The molecule has 2 aromatic carbocycles. The number of ether oxygens (including phenoxy) is 2. The number of nitrogens with zero attached hydrogens (tertiary/aromatic N) is 2. The SMILES string of the molecule is COc1cc(C(=O)N2CCN(CCO)CC2)ccc1OCc1ccc(Cl)cc1. The van der Waals surface area contributed by atoms with Gasteiger partial charge in [0.1, 0.15) is 6.61 Å².